The molecule has 4 heterocycles. The Morgan fingerprint density at radius 3 is 1.00 bits per heavy atom. The average Bonchev–Trinajstić information content (AvgIpc) is 3.42. The summed E-state index contributed by atoms with van der Waals surface area (Å²) in [5.74, 6) is 0. The maximum Gasteiger partial charge on any atom is 0.136 e. The van der Waals surface area contributed by atoms with Gasteiger partial charge in [0.2, 0.25) is 0 Å². The third-order valence-electron chi connectivity index (χ3n) is 6.77. The van der Waals surface area contributed by atoms with Crippen molar-refractivity contribution < 1.29 is 4.42 Å². The minimum absolute atomic E-state index is 0.952. The molecule has 0 atom stereocenters. The van der Waals surface area contributed by atoms with Gasteiger partial charge in [0.15, 0.2) is 0 Å². The maximum atomic E-state index is 6.33. The van der Waals surface area contributed by atoms with E-state index in [2.05, 4.69) is 63.5 Å². The van der Waals surface area contributed by atoms with Gasteiger partial charge in [0.1, 0.15) is 11.2 Å². The Bertz CT molecular complexity index is 1550. The molecular weight excluding hydrogens is 346 g/mol. The quantitative estimate of drug-likeness (QED) is 0.274. The highest BCUT2D eigenvalue weighted by Gasteiger charge is 2.24. The van der Waals surface area contributed by atoms with E-state index in [0.29, 0.717) is 0 Å². The van der Waals surface area contributed by atoms with Crippen molar-refractivity contribution in [2.75, 3.05) is 0 Å². The molecule has 0 radical (unpaired) electrons. The van der Waals surface area contributed by atoms with Crippen molar-refractivity contribution in [3.63, 3.8) is 0 Å². The molecule has 128 valence electrons. The molecule has 0 saturated heterocycles. The van der Waals surface area contributed by atoms with Crippen molar-refractivity contribution >= 4 is 87.4 Å². The van der Waals surface area contributed by atoms with E-state index in [1.807, 2.05) is 0 Å². The number of furan rings is 1. The van der Waals surface area contributed by atoms with Gasteiger partial charge in [-0.2, -0.15) is 0 Å². The molecule has 0 aliphatic carbocycles. The van der Waals surface area contributed by atoms with Crippen molar-refractivity contribution in [3.05, 3.63) is 48.5 Å². The van der Waals surface area contributed by atoms with Crippen LogP contribution in [0.25, 0.3) is 87.4 Å². The molecule has 4 heteroatoms. The molecule has 0 bridgehead atoms. The van der Waals surface area contributed by atoms with E-state index >= 15 is 0 Å². The van der Waals surface area contributed by atoms with Gasteiger partial charge in [-0.05, 0) is 48.5 Å². The topological polar surface area (TPSA) is 60.5 Å². The van der Waals surface area contributed by atoms with Crippen LogP contribution in [0.2, 0.25) is 0 Å². The lowest BCUT2D eigenvalue weighted by molar-refractivity contribution is 0.669. The summed E-state index contributed by atoms with van der Waals surface area (Å²) in [5, 5.41) is 10.2. The zero-order valence-corrected chi connectivity index (χ0v) is 14.5. The van der Waals surface area contributed by atoms with Crippen LogP contribution in [0, 0.1) is 0 Å². The van der Waals surface area contributed by atoms with Gasteiger partial charge in [0.25, 0.3) is 0 Å². The predicted molar refractivity (Wildman–Crippen MR) is 115 cm³/mol. The lowest BCUT2D eigenvalue weighted by Gasteiger charge is -2.04. The molecule has 0 amide bonds. The van der Waals surface area contributed by atoms with Crippen molar-refractivity contribution in [1.82, 2.24) is 15.0 Å². The standard InChI is InChI=1S/C24H11N3O/c1-3-11-19-17-9(1)25-10-2-4-12-20(18(10)17)22-14(27-12)6-8-16-24(22)23-15(28-16)7-5-13(26-11)21(19)23/h1-8,25-27H. The number of aromatic amines is 3. The summed E-state index contributed by atoms with van der Waals surface area (Å²) in [6.07, 6.45) is 0. The number of benzene rings is 4. The minimum atomic E-state index is 0.952. The molecule has 28 heavy (non-hydrogen) atoms. The molecule has 5 aromatic carbocycles. The van der Waals surface area contributed by atoms with Gasteiger partial charge in [-0.25, -0.2) is 0 Å². The third-order valence-corrected chi connectivity index (χ3v) is 6.77. The molecule has 4 aromatic heterocycles. The lowest BCUT2D eigenvalue weighted by atomic mass is 9.95. The Labute approximate surface area is 155 Å². The molecule has 4 nitrogen and oxygen atoms in total. The number of aromatic nitrogens is 3. The van der Waals surface area contributed by atoms with Crippen LogP contribution in [0.4, 0.5) is 0 Å². The summed E-state index contributed by atoms with van der Waals surface area (Å²) in [5.41, 5.74) is 8.94. The highest BCUT2D eigenvalue weighted by atomic mass is 16.3. The second-order valence-corrected chi connectivity index (χ2v) is 8.02. The van der Waals surface area contributed by atoms with Crippen LogP contribution < -0.4 is 0 Å². The van der Waals surface area contributed by atoms with E-state index in [1.54, 1.807) is 0 Å². The normalized spacial score (nSPS) is 13.7. The molecule has 0 fully saturated rings. The summed E-state index contributed by atoms with van der Waals surface area (Å²) in [6.45, 7) is 0. The number of rotatable bonds is 0. The van der Waals surface area contributed by atoms with Crippen molar-refractivity contribution in [2.45, 2.75) is 0 Å². The smallest absolute Gasteiger partial charge is 0.136 e. The van der Waals surface area contributed by atoms with E-state index in [-0.39, 0.29) is 0 Å². The summed E-state index contributed by atoms with van der Waals surface area (Å²) in [4.78, 5) is 11.0. The molecule has 3 N–H and O–H groups in total. The SMILES string of the molecule is c1cc2[nH]c3ccc4oc5ccc6[nH]c7ccc8[nH]c1c1c8c7c6c5c4c3c21. The van der Waals surface area contributed by atoms with Crippen molar-refractivity contribution in [1.29, 1.82) is 0 Å². The maximum absolute atomic E-state index is 6.33. The molecule has 0 aliphatic heterocycles. The van der Waals surface area contributed by atoms with E-state index in [1.165, 1.54) is 65.2 Å². The van der Waals surface area contributed by atoms with E-state index in [4.69, 9.17) is 4.42 Å². The van der Waals surface area contributed by atoms with Crippen molar-refractivity contribution in [3.8, 4) is 0 Å². The average molecular weight is 357 g/mol. The Balaban J connectivity index is 1.93. The second kappa shape index (κ2) is 3.58. The lowest BCUT2D eigenvalue weighted by Crippen LogP contribution is -1.78. The van der Waals surface area contributed by atoms with Gasteiger partial charge >= 0.3 is 0 Å². The Kier molecular flexibility index (Phi) is 1.59. The van der Waals surface area contributed by atoms with Crippen LogP contribution in [0.3, 0.4) is 0 Å². The van der Waals surface area contributed by atoms with Gasteiger partial charge in [-0.3, -0.25) is 0 Å². The van der Waals surface area contributed by atoms with E-state index in [9.17, 15) is 0 Å². The predicted octanol–water partition coefficient (Wildman–Crippen LogP) is 6.80. The van der Waals surface area contributed by atoms with Crippen molar-refractivity contribution in [2.24, 2.45) is 0 Å². The zero-order valence-electron chi connectivity index (χ0n) is 14.5. The molecule has 0 aliphatic rings. The van der Waals surface area contributed by atoms with E-state index < -0.39 is 0 Å². The molecular formula is C24H11N3O. The second-order valence-electron chi connectivity index (χ2n) is 8.02. The first kappa shape index (κ1) is 12.5. The third kappa shape index (κ3) is 1.06. The molecule has 0 saturated carbocycles. The van der Waals surface area contributed by atoms with Gasteiger partial charge in [0, 0.05) is 76.2 Å². The van der Waals surface area contributed by atoms with E-state index in [0.717, 1.165) is 22.2 Å². The first-order chi connectivity index (χ1) is 13.9. The van der Waals surface area contributed by atoms with Crippen LogP contribution >= 0.6 is 0 Å². The fourth-order valence-electron chi connectivity index (χ4n) is 5.78. The monoisotopic (exact) mass is 357 g/mol. The zero-order chi connectivity index (χ0) is 17.7. The first-order valence-electron chi connectivity index (χ1n) is 9.55. The number of hydrogen-bond donors (Lipinski definition) is 3. The number of nitrogens with one attached hydrogen (secondary N) is 3. The first-order valence-corrected chi connectivity index (χ1v) is 9.55. The fourth-order valence-corrected chi connectivity index (χ4v) is 5.78. The van der Waals surface area contributed by atoms with Crippen LogP contribution in [0.1, 0.15) is 0 Å². The molecule has 0 unspecified atom stereocenters. The van der Waals surface area contributed by atoms with Crippen LogP contribution in [0.5, 0.6) is 0 Å². The number of hydrogen-bond acceptors (Lipinski definition) is 1. The Morgan fingerprint density at radius 2 is 0.643 bits per heavy atom. The van der Waals surface area contributed by atoms with Gasteiger partial charge in [0.05, 0.1) is 0 Å². The van der Waals surface area contributed by atoms with Crippen LogP contribution in [-0.4, -0.2) is 15.0 Å². The summed E-state index contributed by atoms with van der Waals surface area (Å²) < 4.78 is 6.33. The highest BCUT2D eigenvalue weighted by Crippen LogP contribution is 2.49. The fraction of sp³-hybridized carbons (Fsp3) is 0. The summed E-state index contributed by atoms with van der Waals surface area (Å²) >= 11 is 0. The summed E-state index contributed by atoms with van der Waals surface area (Å²) in [7, 11) is 0. The van der Waals surface area contributed by atoms with Crippen LogP contribution in [-0.2, 0) is 0 Å². The molecule has 9 rings (SSSR count). The van der Waals surface area contributed by atoms with Crippen LogP contribution in [0.15, 0.2) is 52.9 Å². The summed E-state index contributed by atoms with van der Waals surface area (Å²) in [6, 6.07) is 17.2. The highest BCUT2D eigenvalue weighted by molar-refractivity contribution is 6.44. The Hall–Kier alpha value is -3.92. The van der Waals surface area contributed by atoms with Gasteiger partial charge in [-0.15, -0.1) is 0 Å². The molecule has 9 aromatic rings. The van der Waals surface area contributed by atoms with Gasteiger partial charge < -0.3 is 19.4 Å². The molecule has 0 spiro atoms. The van der Waals surface area contributed by atoms with Gasteiger partial charge in [-0.1, -0.05) is 0 Å². The minimum Gasteiger partial charge on any atom is -0.456 e. The number of H-pyrrole nitrogens is 3. The Morgan fingerprint density at radius 1 is 0.357 bits per heavy atom. The largest absolute Gasteiger partial charge is 0.456 e.